The summed E-state index contributed by atoms with van der Waals surface area (Å²) in [6, 6.07) is 5.98. The SMILES string of the molecule is Cc1ccc(C(=O)N2CCC(C(=O)N3CCC(C)CC3)CC2)c(C)c1. The Hall–Kier alpha value is -1.84. The normalized spacial score (nSPS) is 20.0. The Kier molecular flexibility index (Phi) is 5.45. The zero-order chi connectivity index (χ0) is 18.0. The van der Waals surface area contributed by atoms with Crippen molar-refractivity contribution in [2.45, 2.75) is 46.5 Å². The van der Waals surface area contributed by atoms with E-state index in [1.807, 2.05) is 35.8 Å². The molecule has 0 bridgehead atoms. The smallest absolute Gasteiger partial charge is 0.254 e. The highest BCUT2D eigenvalue weighted by molar-refractivity contribution is 5.96. The number of benzene rings is 1. The first-order valence-electron chi connectivity index (χ1n) is 9.61. The lowest BCUT2D eigenvalue weighted by Gasteiger charge is -2.37. The number of aryl methyl sites for hydroxylation is 2. The molecule has 2 heterocycles. The number of rotatable bonds is 2. The number of carbonyl (C=O) groups excluding carboxylic acids is 2. The number of amides is 2. The number of hydrogen-bond acceptors (Lipinski definition) is 2. The summed E-state index contributed by atoms with van der Waals surface area (Å²) in [5, 5.41) is 0. The van der Waals surface area contributed by atoms with Gasteiger partial charge < -0.3 is 9.80 Å². The van der Waals surface area contributed by atoms with E-state index in [0.29, 0.717) is 19.0 Å². The Labute approximate surface area is 151 Å². The van der Waals surface area contributed by atoms with Gasteiger partial charge in [0.15, 0.2) is 0 Å². The Bertz CT molecular complexity index is 639. The quantitative estimate of drug-likeness (QED) is 0.826. The van der Waals surface area contributed by atoms with Crippen LogP contribution in [0, 0.1) is 25.7 Å². The van der Waals surface area contributed by atoms with E-state index in [0.717, 1.165) is 55.8 Å². The van der Waals surface area contributed by atoms with Crippen LogP contribution in [0.2, 0.25) is 0 Å². The summed E-state index contributed by atoms with van der Waals surface area (Å²) in [6.07, 6.45) is 3.83. The molecule has 1 aromatic carbocycles. The van der Waals surface area contributed by atoms with Gasteiger partial charge in [-0.15, -0.1) is 0 Å². The highest BCUT2D eigenvalue weighted by Gasteiger charge is 2.31. The van der Waals surface area contributed by atoms with E-state index in [1.54, 1.807) is 0 Å². The number of nitrogens with zero attached hydrogens (tertiary/aromatic N) is 2. The number of hydrogen-bond donors (Lipinski definition) is 0. The predicted octanol–water partition coefficient (Wildman–Crippen LogP) is 3.41. The second-order valence-electron chi connectivity index (χ2n) is 7.89. The van der Waals surface area contributed by atoms with E-state index in [4.69, 9.17) is 0 Å². The van der Waals surface area contributed by atoms with Gasteiger partial charge in [-0.05, 0) is 57.1 Å². The van der Waals surface area contributed by atoms with Crippen LogP contribution in [-0.4, -0.2) is 47.8 Å². The molecule has 2 aliphatic heterocycles. The summed E-state index contributed by atoms with van der Waals surface area (Å²) in [7, 11) is 0. The Balaban J connectivity index is 1.56. The lowest BCUT2D eigenvalue weighted by molar-refractivity contribution is -0.138. The van der Waals surface area contributed by atoms with Crippen LogP contribution >= 0.6 is 0 Å². The molecule has 2 fully saturated rings. The molecule has 2 aliphatic rings. The zero-order valence-electron chi connectivity index (χ0n) is 15.8. The maximum Gasteiger partial charge on any atom is 0.254 e. The van der Waals surface area contributed by atoms with E-state index >= 15 is 0 Å². The second kappa shape index (κ2) is 7.59. The lowest BCUT2D eigenvalue weighted by atomic mass is 9.92. The molecule has 25 heavy (non-hydrogen) atoms. The van der Waals surface area contributed by atoms with Crippen molar-refractivity contribution < 1.29 is 9.59 Å². The highest BCUT2D eigenvalue weighted by atomic mass is 16.2. The van der Waals surface area contributed by atoms with Crippen molar-refractivity contribution in [3.8, 4) is 0 Å². The van der Waals surface area contributed by atoms with Crippen LogP contribution in [0.4, 0.5) is 0 Å². The van der Waals surface area contributed by atoms with Crippen LogP contribution in [0.5, 0.6) is 0 Å². The van der Waals surface area contributed by atoms with Crippen LogP contribution < -0.4 is 0 Å². The molecule has 136 valence electrons. The van der Waals surface area contributed by atoms with Gasteiger partial charge in [0, 0.05) is 37.7 Å². The van der Waals surface area contributed by atoms with E-state index < -0.39 is 0 Å². The number of carbonyl (C=O) groups is 2. The molecule has 0 saturated carbocycles. The molecule has 4 heteroatoms. The maximum absolute atomic E-state index is 12.8. The van der Waals surface area contributed by atoms with Gasteiger partial charge in [-0.2, -0.15) is 0 Å². The lowest BCUT2D eigenvalue weighted by Crippen LogP contribution is -2.46. The molecule has 1 aromatic rings. The van der Waals surface area contributed by atoms with E-state index in [9.17, 15) is 9.59 Å². The summed E-state index contributed by atoms with van der Waals surface area (Å²) in [4.78, 5) is 29.5. The van der Waals surface area contributed by atoms with Gasteiger partial charge in [-0.1, -0.05) is 24.6 Å². The minimum Gasteiger partial charge on any atom is -0.342 e. The standard InChI is InChI=1S/C21H30N2O2/c1-15-6-10-22(11-7-15)20(24)18-8-12-23(13-9-18)21(25)19-5-4-16(2)14-17(19)3/h4-5,14-15,18H,6-13H2,1-3H3. The summed E-state index contributed by atoms with van der Waals surface area (Å²) in [5.41, 5.74) is 3.00. The summed E-state index contributed by atoms with van der Waals surface area (Å²) < 4.78 is 0. The zero-order valence-corrected chi connectivity index (χ0v) is 15.8. The first-order valence-corrected chi connectivity index (χ1v) is 9.61. The third kappa shape index (κ3) is 4.05. The molecule has 0 aromatic heterocycles. The van der Waals surface area contributed by atoms with E-state index in [2.05, 4.69) is 13.0 Å². The maximum atomic E-state index is 12.8. The first kappa shape index (κ1) is 18.0. The molecule has 0 N–H and O–H groups in total. The largest absolute Gasteiger partial charge is 0.342 e. The summed E-state index contributed by atoms with van der Waals surface area (Å²) >= 11 is 0. The fourth-order valence-electron chi connectivity index (χ4n) is 4.04. The minimum absolute atomic E-state index is 0.0940. The van der Waals surface area contributed by atoms with Crippen LogP contribution in [0.3, 0.4) is 0 Å². The first-order chi connectivity index (χ1) is 12.0. The average Bonchev–Trinajstić information content (AvgIpc) is 2.61. The Morgan fingerprint density at radius 3 is 2.12 bits per heavy atom. The van der Waals surface area contributed by atoms with Gasteiger partial charge >= 0.3 is 0 Å². The van der Waals surface area contributed by atoms with Crippen molar-refractivity contribution >= 4 is 11.8 Å². The van der Waals surface area contributed by atoms with Gasteiger partial charge in [-0.25, -0.2) is 0 Å². The van der Waals surface area contributed by atoms with Crippen molar-refractivity contribution in [1.29, 1.82) is 0 Å². The van der Waals surface area contributed by atoms with E-state index in [-0.39, 0.29) is 11.8 Å². The fraction of sp³-hybridized carbons (Fsp3) is 0.619. The number of likely N-dealkylation sites (tertiary alicyclic amines) is 2. The van der Waals surface area contributed by atoms with Crippen molar-refractivity contribution in [1.82, 2.24) is 9.80 Å². The van der Waals surface area contributed by atoms with Crippen LogP contribution in [0.15, 0.2) is 18.2 Å². The van der Waals surface area contributed by atoms with Crippen molar-refractivity contribution in [3.63, 3.8) is 0 Å². The topological polar surface area (TPSA) is 40.6 Å². The molecular weight excluding hydrogens is 312 g/mol. The van der Waals surface area contributed by atoms with Gasteiger partial charge in [0.2, 0.25) is 5.91 Å². The van der Waals surface area contributed by atoms with Gasteiger partial charge in [-0.3, -0.25) is 9.59 Å². The van der Waals surface area contributed by atoms with Crippen LogP contribution in [-0.2, 0) is 4.79 Å². The molecule has 4 nitrogen and oxygen atoms in total. The molecule has 0 aliphatic carbocycles. The molecule has 2 saturated heterocycles. The molecule has 0 unspecified atom stereocenters. The predicted molar refractivity (Wildman–Crippen MR) is 99.5 cm³/mol. The van der Waals surface area contributed by atoms with Crippen molar-refractivity contribution in [2.24, 2.45) is 11.8 Å². The van der Waals surface area contributed by atoms with Gasteiger partial charge in [0.05, 0.1) is 0 Å². The third-order valence-corrected chi connectivity index (χ3v) is 5.84. The molecule has 0 radical (unpaired) electrons. The monoisotopic (exact) mass is 342 g/mol. The van der Waals surface area contributed by atoms with E-state index in [1.165, 1.54) is 5.56 Å². The summed E-state index contributed by atoms with van der Waals surface area (Å²) in [5.74, 6) is 1.25. The fourth-order valence-corrected chi connectivity index (χ4v) is 4.04. The Morgan fingerprint density at radius 1 is 0.920 bits per heavy atom. The Morgan fingerprint density at radius 2 is 1.52 bits per heavy atom. The van der Waals surface area contributed by atoms with Crippen LogP contribution in [0.1, 0.15) is 54.1 Å². The third-order valence-electron chi connectivity index (χ3n) is 5.84. The number of piperidine rings is 2. The van der Waals surface area contributed by atoms with Gasteiger partial charge in [0.1, 0.15) is 0 Å². The summed E-state index contributed by atoms with van der Waals surface area (Å²) in [6.45, 7) is 9.48. The molecule has 2 amide bonds. The van der Waals surface area contributed by atoms with Crippen molar-refractivity contribution in [2.75, 3.05) is 26.2 Å². The minimum atomic E-state index is 0.0940. The van der Waals surface area contributed by atoms with Crippen molar-refractivity contribution in [3.05, 3.63) is 34.9 Å². The second-order valence-corrected chi connectivity index (χ2v) is 7.89. The van der Waals surface area contributed by atoms with Crippen LogP contribution in [0.25, 0.3) is 0 Å². The van der Waals surface area contributed by atoms with Gasteiger partial charge in [0.25, 0.3) is 5.91 Å². The molecule has 0 spiro atoms. The highest BCUT2D eigenvalue weighted by Crippen LogP contribution is 2.25. The molecule has 3 rings (SSSR count). The molecule has 0 atom stereocenters. The molecular formula is C21H30N2O2. The average molecular weight is 342 g/mol.